The quantitative estimate of drug-likeness (QED) is 0.0951. The highest BCUT2D eigenvalue weighted by Crippen LogP contribution is 2.34. The summed E-state index contributed by atoms with van der Waals surface area (Å²) in [6.45, 7) is 8.63. The van der Waals surface area contributed by atoms with Gasteiger partial charge in [0.1, 0.15) is 17.7 Å². The van der Waals surface area contributed by atoms with Crippen molar-refractivity contribution in [1.29, 1.82) is 0 Å². The molecule has 2 heterocycles. The molecule has 0 fully saturated rings. The third kappa shape index (κ3) is 6.52. The molecule has 0 aliphatic heterocycles. The van der Waals surface area contributed by atoms with Crippen molar-refractivity contribution >= 4 is 28.5 Å². The molecule has 5 aromatic rings. The van der Waals surface area contributed by atoms with Gasteiger partial charge in [-0.1, -0.05) is 26.0 Å². The second-order valence-corrected chi connectivity index (χ2v) is 10.9. The fourth-order valence-corrected chi connectivity index (χ4v) is 4.85. The van der Waals surface area contributed by atoms with Crippen molar-refractivity contribution in [2.75, 3.05) is 25.6 Å². The van der Waals surface area contributed by atoms with Crippen LogP contribution in [0.3, 0.4) is 0 Å². The van der Waals surface area contributed by atoms with Crippen molar-refractivity contribution in [3.8, 4) is 28.8 Å². The zero-order valence-corrected chi connectivity index (χ0v) is 26.0. The Bertz CT molecular complexity index is 1970. The maximum Gasteiger partial charge on any atom is 0.287 e. The molecule has 11 nitrogen and oxygen atoms in total. The molecule has 0 aliphatic rings. The predicted molar refractivity (Wildman–Crippen MR) is 176 cm³/mol. The van der Waals surface area contributed by atoms with Crippen molar-refractivity contribution in [1.82, 2.24) is 14.6 Å². The molecule has 2 aromatic heterocycles. The molecule has 0 unspecified atom stereocenters. The fraction of sp³-hybridized carbons (Fsp3) is 0.235. The van der Waals surface area contributed by atoms with E-state index in [4.69, 9.17) is 14.5 Å². The van der Waals surface area contributed by atoms with E-state index in [2.05, 4.69) is 23.9 Å². The van der Waals surface area contributed by atoms with Crippen molar-refractivity contribution in [2.45, 2.75) is 33.6 Å². The summed E-state index contributed by atoms with van der Waals surface area (Å²) in [6.07, 6.45) is 2.67. The number of nitro groups is 1. The molecule has 0 saturated heterocycles. The molecule has 5 rings (SSSR count). The van der Waals surface area contributed by atoms with Crippen LogP contribution in [0, 0.1) is 17.0 Å². The number of aryl methyl sites for hydroxylation is 1. The van der Waals surface area contributed by atoms with Crippen LogP contribution in [-0.4, -0.2) is 46.5 Å². The number of aromatic nitrogens is 3. The first-order valence-electron chi connectivity index (χ1n) is 14.5. The molecule has 11 heteroatoms. The van der Waals surface area contributed by atoms with Gasteiger partial charge in [0.25, 0.3) is 11.2 Å². The predicted octanol–water partition coefficient (Wildman–Crippen LogP) is 6.94. The molecule has 0 spiro atoms. The Labute approximate surface area is 260 Å². The average molecular weight is 607 g/mol. The standard InChI is InChI=1S/C34H34N6O5/c1-7-44-31-16-22(4)28(18-27(31)21(2)3)33-37-29-11-9-8-10-26(29)34(41)39(33)36-19-23-12-13-24(38(5)6)17-30(23)45-32-15-14-25(20-35-32)40(42)43/h8-21H,7H2,1-6H3. The Hall–Kier alpha value is -5.58. The van der Waals surface area contributed by atoms with E-state index in [1.807, 2.05) is 69.2 Å². The number of hydrogen-bond donors (Lipinski definition) is 0. The van der Waals surface area contributed by atoms with Crippen LogP contribution >= 0.6 is 0 Å². The maximum atomic E-state index is 13.9. The van der Waals surface area contributed by atoms with Crippen LogP contribution in [-0.2, 0) is 0 Å². The molecule has 0 radical (unpaired) electrons. The molecule has 230 valence electrons. The lowest BCUT2D eigenvalue weighted by molar-refractivity contribution is -0.385. The summed E-state index contributed by atoms with van der Waals surface area (Å²) in [5, 5.41) is 16.2. The van der Waals surface area contributed by atoms with Crippen molar-refractivity contribution in [3.63, 3.8) is 0 Å². The molecule has 45 heavy (non-hydrogen) atoms. The minimum atomic E-state index is -0.523. The summed E-state index contributed by atoms with van der Waals surface area (Å²) >= 11 is 0. The summed E-state index contributed by atoms with van der Waals surface area (Å²) < 4.78 is 13.3. The Balaban J connectivity index is 1.67. The third-order valence-electron chi connectivity index (χ3n) is 7.25. The van der Waals surface area contributed by atoms with Crippen molar-refractivity contribution < 1.29 is 14.4 Å². The van der Waals surface area contributed by atoms with Gasteiger partial charge in [0, 0.05) is 49.1 Å². The number of para-hydroxylation sites is 1. The minimum Gasteiger partial charge on any atom is -0.494 e. The lowest BCUT2D eigenvalue weighted by Crippen LogP contribution is -2.21. The van der Waals surface area contributed by atoms with Crippen LogP contribution in [0.2, 0.25) is 0 Å². The summed E-state index contributed by atoms with van der Waals surface area (Å²) in [6, 6.07) is 19.4. The van der Waals surface area contributed by atoms with E-state index >= 15 is 0 Å². The highest BCUT2D eigenvalue weighted by atomic mass is 16.6. The van der Waals surface area contributed by atoms with Gasteiger partial charge in [-0.05, 0) is 67.3 Å². The van der Waals surface area contributed by atoms with Gasteiger partial charge in [-0.25, -0.2) is 9.97 Å². The van der Waals surface area contributed by atoms with Gasteiger partial charge in [-0.2, -0.15) is 9.78 Å². The van der Waals surface area contributed by atoms with Gasteiger partial charge in [0.15, 0.2) is 5.82 Å². The molecular weight excluding hydrogens is 572 g/mol. The third-order valence-corrected chi connectivity index (χ3v) is 7.25. The molecule has 3 aromatic carbocycles. The summed E-state index contributed by atoms with van der Waals surface area (Å²) in [5.41, 5.74) is 4.14. The number of anilines is 1. The van der Waals surface area contributed by atoms with Crippen LogP contribution in [0.25, 0.3) is 22.3 Å². The van der Waals surface area contributed by atoms with Crippen LogP contribution in [0.15, 0.2) is 82.8 Å². The van der Waals surface area contributed by atoms with Gasteiger partial charge >= 0.3 is 0 Å². The first kappa shape index (κ1) is 30.9. The molecule has 0 saturated carbocycles. The number of nitrogens with zero attached hydrogens (tertiary/aromatic N) is 6. The average Bonchev–Trinajstić information content (AvgIpc) is 3.01. The van der Waals surface area contributed by atoms with Crippen LogP contribution in [0.5, 0.6) is 17.4 Å². The van der Waals surface area contributed by atoms with E-state index in [9.17, 15) is 14.9 Å². The smallest absolute Gasteiger partial charge is 0.287 e. The van der Waals surface area contributed by atoms with Crippen LogP contribution in [0.4, 0.5) is 11.4 Å². The highest BCUT2D eigenvalue weighted by Gasteiger charge is 2.19. The Kier molecular flexibility index (Phi) is 8.89. The number of rotatable bonds is 10. The van der Waals surface area contributed by atoms with Gasteiger partial charge < -0.3 is 14.4 Å². The largest absolute Gasteiger partial charge is 0.494 e. The molecule has 0 amide bonds. The van der Waals surface area contributed by atoms with Gasteiger partial charge in [-0.15, -0.1) is 0 Å². The number of benzene rings is 3. The maximum absolute atomic E-state index is 13.9. The fourth-order valence-electron chi connectivity index (χ4n) is 4.85. The van der Waals surface area contributed by atoms with Gasteiger partial charge in [0.05, 0.1) is 28.6 Å². The lowest BCUT2D eigenvalue weighted by Gasteiger charge is -2.18. The Morgan fingerprint density at radius 3 is 2.51 bits per heavy atom. The first-order valence-corrected chi connectivity index (χ1v) is 14.5. The minimum absolute atomic E-state index is 0.146. The lowest BCUT2D eigenvalue weighted by atomic mass is 9.96. The summed E-state index contributed by atoms with van der Waals surface area (Å²) in [7, 11) is 3.79. The molecule has 0 bridgehead atoms. The number of fused-ring (bicyclic) bond motifs is 1. The van der Waals surface area contributed by atoms with Crippen LogP contribution in [0.1, 0.15) is 43.4 Å². The zero-order valence-electron chi connectivity index (χ0n) is 26.0. The second kappa shape index (κ2) is 13.0. The topological polar surface area (TPSA) is 125 Å². The van der Waals surface area contributed by atoms with Gasteiger partial charge in [0.2, 0.25) is 5.88 Å². The SMILES string of the molecule is CCOc1cc(C)c(-c2nc3ccccc3c(=O)n2N=Cc2ccc(N(C)C)cc2Oc2ccc([N+](=O)[O-])cn2)cc1C(C)C. The molecular formula is C34H34N6O5. The van der Waals surface area contributed by atoms with Crippen molar-refractivity contribution in [3.05, 3.63) is 110 Å². The summed E-state index contributed by atoms with van der Waals surface area (Å²) in [5.74, 6) is 1.92. The van der Waals surface area contributed by atoms with E-state index in [0.29, 0.717) is 34.6 Å². The zero-order chi connectivity index (χ0) is 32.2. The van der Waals surface area contributed by atoms with E-state index < -0.39 is 4.92 Å². The Morgan fingerprint density at radius 2 is 1.84 bits per heavy atom. The van der Waals surface area contributed by atoms with E-state index in [1.165, 1.54) is 23.0 Å². The second-order valence-electron chi connectivity index (χ2n) is 10.9. The molecule has 0 atom stereocenters. The Morgan fingerprint density at radius 1 is 1.07 bits per heavy atom. The van der Waals surface area contributed by atoms with E-state index in [1.54, 1.807) is 18.2 Å². The number of ether oxygens (including phenoxy) is 2. The van der Waals surface area contributed by atoms with E-state index in [0.717, 1.165) is 34.3 Å². The monoisotopic (exact) mass is 606 g/mol. The highest BCUT2D eigenvalue weighted by molar-refractivity contribution is 5.86. The summed E-state index contributed by atoms with van der Waals surface area (Å²) in [4.78, 5) is 35.4. The van der Waals surface area contributed by atoms with Crippen molar-refractivity contribution in [2.24, 2.45) is 5.10 Å². The van der Waals surface area contributed by atoms with Crippen LogP contribution < -0.4 is 19.9 Å². The molecule has 0 N–H and O–H groups in total. The van der Waals surface area contributed by atoms with E-state index in [-0.39, 0.29) is 23.0 Å². The number of pyridine rings is 1. The number of hydrogen-bond acceptors (Lipinski definition) is 9. The first-order chi connectivity index (χ1) is 21.6. The van der Waals surface area contributed by atoms with Gasteiger partial charge in [-0.3, -0.25) is 14.9 Å². The molecule has 0 aliphatic carbocycles. The normalized spacial score (nSPS) is 11.4.